The molecule has 0 aliphatic carbocycles. The minimum absolute atomic E-state index is 0.100. The molecule has 3 rings (SSSR count). The Hall–Kier alpha value is -2.75. The van der Waals surface area contributed by atoms with Gasteiger partial charge in [-0.3, -0.25) is 13.9 Å². The molecule has 0 atom stereocenters. The Morgan fingerprint density at radius 3 is 2.15 bits per heavy atom. The van der Waals surface area contributed by atoms with Crippen LogP contribution in [0.2, 0.25) is 0 Å². The van der Waals surface area contributed by atoms with Crippen LogP contribution in [0.4, 0.5) is 5.69 Å². The van der Waals surface area contributed by atoms with Gasteiger partial charge >= 0.3 is 0 Å². The van der Waals surface area contributed by atoms with Crippen LogP contribution in [0.1, 0.15) is 10.4 Å². The first kappa shape index (κ1) is 25.9. The molecule has 182 valence electrons. The molecule has 15 heteroatoms. The summed E-state index contributed by atoms with van der Waals surface area (Å²) >= 11 is 5.50. The van der Waals surface area contributed by atoms with Crippen molar-refractivity contribution in [2.75, 3.05) is 16.9 Å². The number of benzene rings is 3. The molecular formula is C19H16ClNO10S3. The summed E-state index contributed by atoms with van der Waals surface area (Å²) in [6, 6.07) is 8.21. The maximum absolute atomic E-state index is 12.8. The third-order valence-corrected chi connectivity index (χ3v) is 8.52. The highest BCUT2D eigenvalue weighted by atomic mass is 35.5. The van der Waals surface area contributed by atoms with E-state index in [-0.39, 0.29) is 33.2 Å². The van der Waals surface area contributed by atoms with Crippen molar-refractivity contribution < 1.29 is 44.3 Å². The zero-order chi connectivity index (χ0) is 25.5. The van der Waals surface area contributed by atoms with Crippen LogP contribution in [0.3, 0.4) is 0 Å². The Morgan fingerprint density at radius 1 is 0.882 bits per heavy atom. The van der Waals surface area contributed by atoms with Crippen molar-refractivity contribution in [3.05, 3.63) is 54.1 Å². The van der Waals surface area contributed by atoms with Gasteiger partial charge in [-0.1, -0.05) is 6.07 Å². The van der Waals surface area contributed by atoms with Gasteiger partial charge in [0.15, 0.2) is 9.84 Å². The predicted octanol–water partition coefficient (Wildman–Crippen LogP) is 2.30. The number of amides is 1. The zero-order valence-electron chi connectivity index (χ0n) is 16.8. The fourth-order valence-corrected chi connectivity index (χ4v) is 5.98. The number of nitrogens with one attached hydrogen (secondary N) is 1. The van der Waals surface area contributed by atoms with Crippen molar-refractivity contribution >= 4 is 64.0 Å². The average Bonchev–Trinajstić information content (AvgIpc) is 2.72. The fraction of sp³-hybridized carbons (Fsp3) is 0.105. The van der Waals surface area contributed by atoms with E-state index < -0.39 is 56.9 Å². The molecule has 0 heterocycles. The molecule has 0 bridgehead atoms. The number of aromatic hydroxyl groups is 1. The van der Waals surface area contributed by atoms with Crippen molar-refractivity contribution in [1.29, 1.82) is 0 Å². The number of alkyl halides is 1. The number of hydrogen-bond acceptors (Lipinski definition) is 8. The van der Waals surface area contributed by atoms with Crippen molar-refractivity contribution in [2.45, 2.75) is 14.7 Å². The fourth-order valence-electron chi connectivity index (χ4n) is 3.13. The third kappa shape index (κ3) is 5.32. The molecule has 34 heavy (non-hydrogen) atoms. The smallest absolute Gasteiger partial charge is 0.295 e. The number of sulfone groups is 1. The largest absolute Gasteiger partial charge is 0.507 e. The number of phenolic OH excluding ortho intramolecular Hbond substituents is 1. The van der Waals surface area contributed by atoms with Gasteiger partial charge in [-0.05, 0) is 36.4 Å². The molecule has 0 saturated heterocycles. The SMILES string of the molecule is O=C(Nc1ccc(S(=O)(=O)O)c2cc(S(=O)(=O)O)cc(O)c12)c1cccc(S(=O)(=O)CCCl)c1. The standard InChI is InChI=1S/C19H16ClNO10S3/c20-6-7-32(24,25)12-3-1-2-11(8-12)19(23)21-15-4-5-17(34(29,30)31)14-9-13(33(26,27)28)10-16(22)18(14)15/h1-5,8-10,22H,6-7H2,(H,21,23)(H,26,27,28)(H,29,30,31). The Labute approximate surface area is 199 Å². The number of anilines is 1. The molecule has 3 aromatic rings. The van der Waals surface area contributed by atoms with Crippen molar-refractivity contribution in [3.63, 3.8) is 0 Å². The van der Waals surface area contributed by atoms with Gasteiger partial charge < -0.3 is 10.4 Å². The summed E-state index contributed by atoms with van der Waals surface area (Å²) in [5.41, 5.74) is -0.294. The van der Waals surface area contributed by atoms with Crippen LogP contribution >= 0.6 is 11.6 Å². The molecular weight excluding hydrogens is 534 g/mol. The molecule has 0 aromatic heterocycles. The predicted molar refractivity (Wildman–Crippen MR) is 122 cm³/mol. The molecule has 11 nitrogen and oxygen atoms in total. The Balaban J connectivity index is 2.16. The highest BCUT2D eigenvalue weighted by Crippen LogP contribution is 2.38. The minimum atomic E-state index is -4.91. The summed E-state index contributed by atoms with van der Waals surface area (Å²) in [6.45, 7) is 0. The molecule has 0 radical (unpaired) electrons. The number of carbonyl (C=O) groups is 1. The van der Waals surface area contributed by atoms with Gasteiger partial charge in [-0.2, -0.15) is 16.8 Å². The summed E-state index contributed by atoms with van der Waals surface area (Å²) in [4.78, 5) is 11.0. The van der Waals surface area contributed by atoms with Crippen LogP contribution in [0.25, 0.3) is 10.8 Å². The van der Waals surface area contributed by atoms with E-state index in [9.17, 15) is 44.3 Å². The zero-order valence-corrected chi connectivity index (χ0v) is 20.0. The van der Waals surface area contributed by atoms with Gasteiger partial charge in [0.2, 0.25) is 0 Å². The van der Waals surface area contributed by atoms with Gasteiger partial charge in [0.05, 0.1) is 21.2 Å². The Kier molecular flexibility index (Phi) is 6.94. The normalized spacial score (nSPS) is 12.6. The molecule has 0 aliphatic rings. The minimum Gasteiger partial charge on any atom is -0.507 e. The van der Waals surface area contributed by atoms with E-state index in [0.29, 0.717) is 12.1 Å². The molecule has 1 amide bonds. The molecule has 4 N–H and O–H groups in total. The summed E-state index contributed by atoms with van der Waals surface area (Å²) in [6.07, 6.45) is 0. The summed E-state index contributed by atoms with van der Waals surface area (Å²) < 4.78 is 89.8. The van der Waals surface area contributed by atoms with E-state index in [1.54, 1.807) is 0 Å². The number of halogens is 1. The van der Waals surface area contributed by atoms with E-state index in [0.717, 1.165) is 18.2 Å². The molecule has 0 saturated carbocycles. The van der Waals surface area contributed by atoms with Gasteiger partial charge in [-0.25, -0.2) is 8.42 Å². The van der Waals surface area contributed by atoms with Gasteiger partial charge in [0.1, 0.15) is 10.6 Å². The van der Waals surface area contributed by atoms with Gasteiger partial charge in [0.25, 0.3) is 26.1 Å². The monoisotopic (exact) mass is 549 g/mol. The van der Waals surface area contributed by atoms with Crippen molar-refractivity contribution in [1.82, 2.24) is 0 Å². The Bertz CT molecular complexity index is 1630. The van der Waals surface area contributed by atoms with E-state index in [4.69, 9.17) is 11.6 Å². The van der Waals surface area contributed by atoms with E-state index in [1.807, 2.05) is 0 Å². The van der Waals surface area contributed by atoms with E-state index in [1.165, 1.54) is 18.2 Å². The first-order chi connectivity index (χ1) is 15.6. The topological polar surface area (TPSA) is 192 Å². The van der Waals surface area contributed by atoms with Crippen LogP contribution in [0.5, 0.6) is 5.75 Å². The highest BCUT2D eigenvalue weighted by Gasteiger charge is 2.23. The highest BCUT2D eigenvalue weighted by molar-refractivity contribution is 7.91. The van der Waals surface area contributed by atoms with Crippen LogP contribution < -0.4 is 5.32 Å². The lowest BCUT2D eigenvalue weighted by Crippen LogP contribution is -2.14. The van der Waals surface area contributed by atoms with Crippen molar-refractivity contribution in [3.8, 4) is 5.75 Å². The molecule has 3 aromatic carbocycles. The average molecular weight is 550 g/mol. The molecule has 0 unspecified atom stereocenters. The lowest BCUT2D eigenvalue weighted by atomic mass is 10.1. The number of fused-ring (bicyclic) bond motifs is 1. The number of rotatable bonds is 7. The van der Waals surface area contributed by atoms with Gasteiger partial charge in [-0.15, -0.1) is 11.6 Å². The third-order valence-electron chi connectivity index (χ3n) is 4.65. The second-order valence-electron chi connectivity index (χ2n) is 6.92. The number of hydrogen-bond donors (Lipinski definition) is 4. The lowest BCUT2D eigenvalue weighted by molar-refractivity contribution is 0.102. The summed E-state index contributed by atoms with van der Waals surface area (Å²) in [7, 11) is -13.5. The maximum atomic E-state index is 12.8. The van der Waals surface area contributed by atoms with Crippen molar-refractivity contribution in [2.24, 2.45) is 0 Å². The van der Waals surface area contributed by atoms with Crippen LogP contribution in [-0.2, 0) is 30.1 Å². The van der Waals surface area contributed by atoms with E-state index in [2.05, 4.69) is 5.32 Å². The quantitative estimate of drug-likeness (QED) is 0.251. The molecule has 0 fully saturated rings. The molecule has 0 spiro atoms. The van der Waals surface area contributed by atoms with Gasteiger partial charge in [0, 0.05) is 28.3 Å². The second-order valence-corrected chi connectivity index (χ2v) is 12.2. The van der Waals surface area contributed by atoms with Crippen LogP contribution in [0, 0.1) is 0 Å². The summed E-state index contributed by atoms with van der Waals surface area (Å²) in [5, 5.41) is 11.9. The Morgan fingerprint density at radius 2 is 1.56 bits per heavy atom. The number of phenols is 1. The lowest BCUT2D eigenvalue weighted by Gasteiger charge is -2.14. The van der Waals surface area contributed by atoms with Crippen LogP contribution in [-0.4, -0.2) is 57.0 Å². The summed E-state index contributed by atoms with van der Waals surface area (Å²) in [5.74, 6) is -2.19. The maximum Gasteiger partial charge on any atom is 0.295 e. The van der Waals surface area contributed by atoms with E-state index >= 15 is 0 Å². The molecule has 0 aliphatic heterocycles. The first-order valence-electron chi connectivity index (χ1n) is 9.10. The van der Waals surface area contributed by atoms with Crippen LogP contribution in [0.15, 0.2) is 63.2 Å². The first-order valence-corrected chi connectivity index (χ1v) is 14.2. The second kappa shape index (κ2) is 9.13. The number of carbonyl (C=O) groups excluding carboxylic acids is 1.